The van der Waals surface area contributed by atoms with Crippen LogP contribution in [0.15, 0.2) is 42.6 Å². The number of nitrogens with one attached hydrogen (secondary N) is 2. The van der Waals surface area contributed by atoms with Crippen molar-refractivity contribution >= 4 is 28.8 Å². The summed E-state index contributed by atoms with van der Waals surface area (Å²) in [6.45, 7) is 1.42. The Labute approximate surface area is 125 Å². The quantitative estimate of drug-likeness (QED) is 0.759. The molecule has 0 atom stereocenters. The second-order valence-corrected chi connectivity index (χ2v) is 4.62. The fraction of sp³-hybridized carbons (Fsp3) is 0.0714. The number of fused-ring (bicyclic) bond motifs is 1. The summed E-state index contributed by atoms with van der Waals surface area (Å²) in [6.07, 6.45) is 1.54. The second kappa shape index (κ2) is 5.60. The molecule has 22 heavy (non-hydrogen) atoms. The number of carbonyl (C=O) groups is 2. The molecule has 0 radical (unpaired) electrons. The average Bonchev–Trinajstić information content (AvgIpc) is 2.94. The molecule has 0 fully saturated rings. The zero-order valence-corrected chi connectivity index (χ0v) is 11.6. The number of carbonyl (C=O) groups excluding carboxylic acids is 2. The Kier molecular flexibility index (Phi) is 3.48. The number of amides is 2. The summed E-state index contributed by atoms with van der Waals surface area (Å²) in [4.78, 5) is 23.3. The van der Waals surface area contributed by atoms with Crippen molar-refractivity contribution in [3.63, 3.8) is 0 Å². The van der Waals surface area contributed by atoms with E-state index < -0.39 is 0 Å². The predicted molar refractivity (Wildman–Crippen MR) is 79.5 cm³/mol. The van der Waals surface area contributed by atoms with Crippen LogP contribution in [0, 0.1) is 0 Å². The van der Waals surface area contributed by atoms with Crippen LogP contribution >= 0.6 is 0 Å². The molecule has 2 amide bonds. The van der Waals surface area contributed by atoms with Crippen molar-refractivity contribution in [2.45, 2.75) is 6.92 Å². The molecule has 0 saturated heterocycles. The highest BCUT2D eigenvalue weighted by Gasteiger charge is 2.08. The summed E-state index contributed by atoms with van der Waals surface area (Å²) in [5, 5.41) is 16.4. The average molecular weight is 296 g/mol. The third-order valence-electron chi connectivity index (χ3n) is 2.89. The van der Waals surface area contributed by atoms with E-state index in [0.717, 1.165) is 0 Å². The Hall–Kier alpha value is -3.29. The van der Waals surface area contributed by atoms with Gasteiger partial charge in [-0.2, -0.15) is 4.52 Å². The molecule has 0 aliphatic rings. The van der Waals surface area contributed by atoms with Crippen molar-refractivity contribution in [2.24, 2.45) is 0 Å². The smallest absolute Gasteiger partial charge is 0.257 e. The van der Waals surface area contributed by atoms with Crippen LogP contribution in [0.25, 0.3) is 5.65 Å². The SMILES string of the molecule is CC(=O)Nc1cccc(NC(=O)c2ccc3nnnn3c2)c1. The molecular weight excluding hydrogens is 284 g/mol. The van der Waals surface area contributed by atoms with Gasteiger partial charge in [-0.05, 0) is 40.8 Å². The first-order chi connectivity index (χ1) is 10.6. The van der Waals surface area contributed by atoms with Gasteiger partial charge in [0.2, 0.25) is 5.91 Å². The highest BCUT2D eigenvalue weighted by atomic mass is 16.2. The van der Waals surface area contributed by atoms with Crippen LogP contribution in [-0.4, -0.2) is 31.9 Å². The van der Waals surface area contributed by atoms with Gasteiger partial charge in [-0.15, -0.1) is 5.10 Å². The normalized spacial score (nSPS) is 10.4. The minimum Gasteiger partial charge on any atom is -0.326 e. The van der Waals surface area contributed by atoms with E-state index in [9.17, 15) is 9.59 Å². The standard InChI is InChI=1S/C14H12N6O2/c1-9(21)15-11-3-2-4-12(7-11)16-14(22)10-5-6-13-17-18-19-20(13)8-10/h2-8H,1H3,(H,15,21)(H,16,22). The lowest BCUT2D eigenvalue weighted by Gasteiger charge is -2.08. The Morgan fingerprint density at radius 3 is 2.64 bits per heavy atom. The van der Waals surface area contributed by atoms with Gasteiger partial charge in [0.1, 0.15) is 0 Å². The second-order valence-electron chi connectivity index (χ2n) is 4.62. The zero-order valence-electron chi connectivity index (χ0n) is 11.6. The lowest BCUT2D eigenvalue weighted by atomic mass is 10.2. The molecule has 0 spiro atoms. The van der Waals surface area contributed by atoms with E-state index in [-0.39, 0.29) is 11.8 Å². The molecular formula is C14H12N6O2. The van der Waals surface area contributed by atoms with E-state index in [1.54, 1.807) is 42.6 Å². The number of tetrazole rings is 1. The fourth-order valence-electron chi connectivity index (χ4n) is 1.96. The number of benzene rings is 1. The first-order valence-electron chi connectivity index (χ1n) is 6.48. The van der Waals surface area contributed by atoms with E-state index >= 15 is 0 Å². The number of rotatable bonds is 3. The Balaban J connectivity index is 1.79. The number of aromatic nitrogens is 4. The summed E-state index contributed by atoms with van der Waals surface area (Å²) >= 11 is 0. The minimum atomic E-state index is -0.294. The van der Waals surface area contributed by atoms with Gasteiger partial charge in [-0.25, -0.2) is 0 Å². The van der Waals surface area contributed by atoms with Crippen LogP contribution in [0.4, 0.5) is 11.4 Å². The van der Waals surface area contributed by atoms with Crippen molar-refractivity contribution < 1.29 is 9.59 Å². The topological polar surface area (TPSA) is 101 Å². The molecule has 1 aromatic carbocycles. The van der Waals surface area contributed by atoms with Gasteiger partial charge in [-0.3, -0.25) is 9.59 Å². The molecule has 2 heterocycles. The molecule has 0 unspecified atom stereocenters. The van der Waals surface area contributed by atoms with Gasteiger partial charge in [0.15, 0.2) is 5.65 Å². The van der Waals surface area contributed by atoms with Crippen molar-refractivity contribution in [3.05, 3.63) is 48.2 Å². The molecule has 0 saturated carbocycles. The van der Waals surface area contributed by atoms with Crippen LogP contribution in [0.1, 0.15) is 17.3 Å². The fourth-order valence-corrected chi connectivity index (χ4v) is 1.96. The monoisotopic (exact) mass is 296 g/mol. The van der Waals surface area contributed by atoms with E-state index in [4.69, 9.17) is 0 Å². The molecule has 3 aromatic rings. The van der Waals surface area contributed by atoms with Crippen LogP contribution in [-0.2, 0) is 4.79 Å². The highest BCUT2D eigenvalue weighted by Crippen LogP contribution is 2.16. The maximum absolute atomic E-state index is 12.2. The third kappa shape index (κ3) is 2.90. The van der Waals surface area contributed by atoms with E-state index in [2.05, 4.69) is 26.2 Å². The number of nitrogens with zero attached hydrogens (tertiary/aromatic N) is 4. The summed E-state index contributed by atoms with van der Waals surface area (Å²) in [5.74, 6) is -0.468. The molecule has 2 N–H and O–H groups in total. The molecule has 0 aliphatic carbocycles. The van der Waals surface area contributed by atoms with Gasteiger partial charge in [0.25, 0.3) is 5.91 Å². The zero-order chi connectivity index (χ0) is 15.5. The largest absolute Gasteiger partial charge is 0.326 e. The van der Waals surface area contributed by atoms with Crippen molar-refractivity contribution in [2.75, 3.05) is 10.6 Å². The maximum atomic E-state index is 12.2. The first-order valence-corrected chi connectivity index (χ1v) is 6.48. The van der Waals surface area contributed by atoms with Gasteiger partial charge in [0.05, 0.1) is 5.56 Å². The highest BCUT2D eigenvalue weighted by molar-refractivity contribution is 6.04. The molecule has 3 rings (SSSR count). The molecule has 0 bridgehead atoms. The molecule has 0 aliphatic heterocycles. The van der Waals surface area contributed by atoms with Crippen molar-refractivity contribution in [1.82, 2.24) is 20.0 Å². The number of anilines is 2. The van der Waals surface area contributed by atoms with Crippen molar-refractivity contribution in [1.29, 1.82) is 0 Å². The van der Waals surface area contributed by atoms with Gasteiger partial charge in [0, 0.05) is 24.5 Å². The van der Waals surface area contributed by atoms with Gasteiger partial charge in [-0.1, -0.05) is 6.07 Å². The van der Waals surface area contributed by atoms with Crippen LogP contribution in [0.5, 0.6) is 0 Å². The molecule has 8 nitrogen and oxygen atoms in total. The maximum Gasteiger partial charge on any atom is 0.257 e. The van der Waals surface area contributed by atoms with Gasteiger partial charge >= 0.3 is 0 Å². The summed E-state index contributed by atoms with van der Waals surface area (Å²) < 4.78 is 1.42. The van der Waals surface area contributed by atoms with Crippen LogP contribution in [0.2, 0.25) is 0 Å². The minimum absolute atomic E-state index is 0.174. The van der Waals surface area contributed by atoms with Gasteiger partial charge < -0.3 is 10.6 Å². The van der Waals surface area contributed by atoms with Crippen LogP contribution in [0.3, 0.4) is 0 Å². The lowest BCUT2D eigenvalue weighted by Crippen LogP contribution is -2.13. The lowest BCUT2D eigenvalue weighted by molar-refractivity contribution is -0.114. The Bertz CT molecular complexity index is 857. The Morgan fingerprint density at radius 1 is 1.09 bits per heavy atom. The number of hydrogen-bond donors (Lipinski definition) is 2. The van der Waals surface area contributed by atoms with Crippen molar-refractivity contribution in [3.8, 4) is 0 Å². The summed E-state index contributed by atoms with van der Waals surface area (Å²) in [5.41, 5.74) is 2.17. The summed E-state index contributed by atoms with van der Waals surface area (Å²) in [7, 11) is 0. The number of hydrogen-bond acceptors (Lipinski definition) is 5. The first kappa shape index (κ1) is 13.7. The molecule has 2 aromatic heterocycles. The third-order valence-corrected chi connectivity index (χ3v) is 2.89. The van der Waals surface area contributed by atoms with Crippen LogP contribution < -0.4 is 10.6 Å². The molecule has 8 heteroatoms. The summed E-state index contributed by atoms with van der Waals surface area (Å²) in [6, 6.07) is 10.2. The Morgan fingerprint density at radius 2 is 1.86 bits per heavy atom. The number of pyridine rings is 1. The van der Waals surface area contributed by atoms with E-state index in [1.807, 2.05) is 0 Å². The van der Waals surface area contributed by atoms with E-state index in [0.29, 0.717) is 22.6 Å². The molecule has 110 valence electrons. The predicted octanol–water partition coefficient (Wildman–Crippen LogP) is 1.33. The van der Waals surface area contributed by atoms with E-state index in [1.165, 1.54) is 11.4 Å².